The van der Waals surface area contributed by atoms with E-state index in [-0.39, 0.29) is 0 Å². The fourth-order valence-electron chi connectivity index (χ4n) is 1.16. The molecule has 1 aromatic heterocycles. The van der Waals surface area contributed by atoms with E-state index in [1.54, 1.807) is 13.0 Å². The van der Waals surface area contributed by atoms with Crippen molar-refractivity contribution >= 4 is 17.6 Å². The second-order valence-electron chi connectivity index (χ2n) is 3.69. The number of hydrogen-bond acceptors (Lipinski definition) is 3. The zero-order valence-electron chi connectivity index (χ0n) is 8.70. The number of carboxylic acid groups (broad SMARTS) is 1. The SMILES string of the molecule is CC[C@@](C)(Cc1nccc(Cl)n1)C(=O)O. The van der Waals surface area contributed by atoms with Crippen molar-refractivity contribution in [2.24, 2.45) is 5.41 Å². The largest absolute Gasteiger partial charge is 0.481 e. The highest BCUT2D eigenvalue weighted by Gasteiger charge is 2.32. The van der Waals surface area contributed by atoms with Crippen LogP contribution in [0.25, 0.3) is 0 Å². The van der Waals surface area contributed by atoms with Crippen LogP contribution in [0.5, 0.6) is 0 Å². The van der Waals surface area contributed by atoms with Crippen molar-refractivity contribution in [3.63, 3.8) is 0 Å². The summed E-state index contributed by atoms with van der Waals surface area (Å²) in [5, 5.41) is 9.41. The molecular weight excluding hydrogens is 216 g/mol. The molecule has 1 aromatic rings. The molecule has 0 saturated carbocycles. The summed E-state index contributed by atoms with van der Waals surface area (Å²) in [7, 11) is 0. The summed E-state index contributed by atoms with van der Waals surface area (Å²) in [6, 6.07) is 1.56. The zero-order chi connectivity index (χ0) is 11.5. The van der Waals surface area contributed by atoms with Crippen molar-refractivity contribution in [2.45, 2.75) is 26.7 Å². The highest BCUT2D eigenvalue weighted by Crippen LogP contribution is 2.25. The van der Waals surface area contributed by atoms with E-state index in [1.807, 2.05) is 6.92 Å². The number of halogens is 1. The smallest absolute Gasteiger partial charge is 0.309 e. The standard InChI is InChI=1S/C10H13ClN2O2/c1-3-10(2,9(14)15)6-8-12-5-4-7(11)13-8/h4-5H,3,6H2,1-2H3,(H,14,15)/t10-/m0/s1. The molecule has 1 atom stereocenters. The molecule has 82 valence electrons. The molecule has 1 N–H and O–H groups in total. The number of rotatable bonds is 4. The van der Waals surface area contributed by atoms with Gasteiger partial charge in [0.05, 0.1) is 5.41 Å². The van der Waals surface area contributed by atoms with Gasteiger partial charge in [-0.25, -0.2) is 9.97 Å². The van der Waals surface area contributed by atoms with Gasteiger partial charge in [-0.1, -0.05) is 18.5 Å². The van der Waals surface area contributed by atoms with Crippen LogP contribution in [-0.2, 0) is 11.2 Å². The lowest BCUT2D eigenvalue weighted by atomic mass is 9.84. The Hall–Kier alpha value is -1.16. The third-order valence-corrected chi connectivity index (χ3v) is 2.73. The second kappa shape index (κ2) is 4.57. The Bertz CT molecular complexity index is 370. The minimum absolute atomic E-state index is 0.291. The lowest BCUT2D eigenvalue weighted by Gasteiger charge is -2.21. The van der Waals surface area contributed by atoms with Crippen LogP contribution in [0.3, 0.4) is 0 Å². The normalized spacial score (nSPS) is 14.6. The fourth-order valence-corrected chi connectivity index (χ4v) is 1.31. The summed E-state index contributed by atoms with van der Waals surface area (Å²) < 4.78 is 0. The van der Waals surface area contributed by atoms with Gasteiger partial charge in [-0.2, -0.15) is 0 Å². The molecule has 1 rings (SSSR count). The Kier molecular flexibility index (Phi) is 3.63. The average molecular weight is 229 g/mol. The number of aromatic nitrogens is 2. The molecule has 0 aliphatic carbocycles. The van der Waals surface area contributed by atoms with E-state index in [2.05, 4.69) is 9.97 Å². The summed E-state index contributed by atoms with van der Waals surface area (Å²) in [6.07, 6.45) is 2.35. The van der Waals surface area contributed by atoms with Crippen molar-refractivity contribution in [2.75, 3.05) is 0 Å². The number of carbonyl (C=O) groups is 1. The molecule has 0 fully saturated rings. The third kappa shape index (κ3) is 2.89. The first-order chi connectivity index (χ1) is 6.98. The van der Waals surface area contributed by atoms with Crippen LogP contribution in [0, 0.1) is 5.41 Å². The molecular formula is C10H13ClN2O2. The van der Waals surface area contributed by atoms with E-state index >= 15 is 0 Å². The highest BCUT2D eigenvalue weighted by molar-refractivity contribution is 6.29. The van der Waals surface area contributed by atoms with Crippen molar-refractivity contribution in [3.05, 3.63) is 23.2 Å². The predicted octanol–water partition coefficient (Wildman–Crippen LogP) is 2.17. The molecule has 0 radical (unpaired) electrons. The van der Waals surface area contributed by atoms with E-state index in [0.29, 0.717) is 23.8 Å². The summed E-state index contributed by atoms with van der Waals surface area (Å²) in [5.41, 5.74) is -0.829. The third-order valence-electron chi connectivity index (χ3n) is 2.52. The molecule has 0 bridgehead atoms. The van der Waals surface area contributed by atoms with Gasteiger partial charge in [-0.15, -0.1) is 0 Å². The Morgan fingerprint density at radius 3 is 2.80 bits per heavy atom. The fraction of sp³-hybridized carbons (Fsp3) is 0.500. The maximum atomic E-state index is 11.1. The molecule has 0 saturated heterocycles. The lowest BCUT2D eigenvalue weighted by molar-refractivity contribution is -0.148. The summed E-state index contributed by atoms with van der Waals surface area (Å²) in [5.74, 6) is -0.372. The van der Waals surface area contributed by atoms with Gasteiger partial charge >= 0.3 is 5.97 Å². The molecule has 15 heavy (non-hydrogen) atoms. The van der Waals surface area contributed by atoms with Gasteiger partial charge in [0, 0.05) is 12.6 Å². The van der Waals surface area contributed by atoms with Crippen molar-refractivity contribution < 1.29 is 9.90 Å². The number of aliphatic carboxylic acids is 1. The van der Waals surface area contributed by atoms with Crippen LogP contribution in [0.4, 0.5) is 0 Å². The summed E-state index contributed by atoms with van der Waals surface area (Å²) >= 11 is 5.70. The number of hydrogen-bond donors (Lipinski definition) is 1. The molecule has 0 amide bonds. The van der Waals surface area contributed by atoms with Gasteiger partial charge < -0.3 is 5.11 Å². The van der Waals surface area contributed by atoms with Gasteiger partial charge in [0.25, 0.3) is 0 Å². The molecule has 0 unspecified atom stereocenters. The van der Waals surface area contributed by atoms with Gasteiger partial charge in [0.1, 0.15) is 11.0 Å². The maximum Gasteiger partial charge on any atom is 0.309 e. The first-order valence-electron chi connectivity index (χ1n) is 4.69. The molecule has 5 heteroatoms. The van der Waals surface area contributed by atoms with E-state index in [9.17, 15) is 4.79 Å². The first-order valence-corrected chi connectivity index (χ1v) is 5.06. The Labute approximate surface area is 93.3 Å². The summed E-state index contributed by atoms with van der Waals surface area (Å²) in [6.45, 7) is 3.51. The summed E-state index contributed by atoms with van der Waals surface area (Å²) in [4.78, 5) is 19.0. The molecule has 0 aromatic carbocycles. The van der Waals surface area contributed by atoms with Crippen LogP contribution < -0.4 is 0 Å². The van der Waals surface area contributed by atoms with E-state index in [4.69, 9.17) is 16.7 Å². The number of carboxylic acids is 1. The van der Waals surface area contributed by atoms with Crippen molar-refractivity contribution in [1.82, 2.24) is 9.97 Å². The number of nitrogens with zero attached hydrogens (tertiary/aromatic N) is 2. The topological polar surface area (TPSA) is 63.1 Å². The van der Waals surface area contributed by atoms with Crippen LogP contribution in [0.2, 0.25) is 5.15 Å². The van der Waals surface area contributed by atoms with E-state index < -0.39 is 11.4 Å². The first kappa shape index (κ1) is 11.9. The van der Waals surface area contributed by atoms with Gasteiger partial charge in [-0.05, 0) is 19.4 Å². The Balaban J connectivity index is 2.89. The molecule has 0 spiro atoms. The average Bonchev–Trinajstić information content (AvgIpc) is 2.17. The zero-order valence-corrected chi connectivity index (χ0v) is 9.45. The monoisotopic (exact) mass is 228 g/mol. The molecule has 0 aliphatic rings. The van der Waals surface area contributed by atoms with Crippen LogP contribution in [0.15, 0.2) is 12.3 Å². The van der Waals surface area contributed by atoms with Crippen LogP contribution >= 0.6 is 11.6 Å². The van der Waals surface area contributed by atoms with E-state index in [0.717, 1.165) is 0 Å². The van der Waals surface area contributed by atoms with Crippen molar-refractivity contribution in [1.29, 1.82) is 0 Å². The van der Waals surface area contributed by atoms with E-state index in [1.165, 1.54) is 6.20 Å². The van der Waals surface area contributed by atoms with Crippen molar-refractivity contribution in [3.8, 4) is 0 Å². The quantitative estimate of drug-likeness (QED) is 0.803. The second-order valence-corrected chi connectivity index (χ2v) is 4.08. The van der Waals surface area contributed by atoms with Gasteiger partial charge in [0.15, 0.2) is 0 Å². The molecule has 4 nitrogen and oxygen atoms in total. The molecule has 0 aliphatic heterocycles. The van der Waals surface area contributed by atoms with Crippen LogP contribution in [-0.4, -0.2) is 21.0 Å². The van der Waals surface area contributed by atoms with Gasteiger partial charge in [0.2, 0.25) is 0 Å². The van der Waals surface area contributed by atoms with Crippen LogP contribution in [0.1, 0.15) is 26.1 Å². The Morgan fingerprint density at radius 1 is 1.67 bits per heavy atom. The minimum Gasteiger partial charge on any atom is -0.481 e. The highest BCUT2D eigenvalue weighted by atomic mass is 35.5. The Morgan fingerprint density at radius 2 is 2.33 bits per heavy atom. The molecule has 1 heterocycles. The lowest BCUT2D eigenvalue weighted by Crippen LogP contribution is -2.30. The van der Waals surface area contributed by atoms with Gasteiger partial charge in [-0.3, -0.25) is 4.79 Å². The minimum atomic E-state index is -0.839. The predicted molar refractivity (Wildman–Crippen MR) is 56.8 cm³/mol. The maximum absolute atomic E-state index is 11.1.